The number of rotatable bonds is 5. The highest BCUT2D eigenvalue weighted by Crippen LogP contribution is 2.23. The Morgan fingerprint density at radius 1 is 1.33 bits per heavy atom. The van der Waals surface area contributed by atoms with Gasteiger partial charge in [0, 0.05) is 5.38 Å². The third-order valence-corrected chi connectivity index (χ3v) is 4.47. The van der Waals surface area contributed by atoms with Crippen molar-refractivity contribution in [2.24, 2.45) is 5.10 Å². The third kappa shape index (κ3) is 3.60. The lowest BCUT2D eigenvalue weighted by Gasteiger charge is -2.11. The normalized spacial score (nSPS) is 11.3. The molecule has 2 heterocycles. The van der Waals surface area contributed by atoms with Gasteiger partial charge in [-0.3, -0.25) is 0 Å². The van der Waals surface area contributed by atoms with Crippen molar-refractivity contribution in [1.29, 1.82) is 0 Å². The average Bonchev–Trinajstić information content (AvgIpc) is 3.11. The van der Waals surface area contributed by atoms with Gasteiger partial charge in [-0.2, -0.15) is 14.9 Å². The third-order valence-electron chi connectivity index (χ3n) is 3.41. The van der Waals surface area contributed by atoms with Gasteiger partial charge in [-0.25, -0.2) is 10.1 Å². The van der Waals surface area contributed by atoms with Crippen LogP contribution in [0.3, 0.4) is 0 Å². The van der Waals surface area contributed by atoms with E-state index in [4.69, 9.17) is 17.0 Å². The Labute approximate surface area is 148 Å². The molecule has 0 fully saturated rings. The van der Waals surface area contributed by atoms with E-state index < -0.39 is 0 Å². The first-order valence-corrected chi connectivity index (χ1v) is 8.65. The van der Waals surface area contributed by atoms with Gasteiger partial charge < -0.3 is 4.74 Å². The fraction of sp³-hybridized carbons (Fsp3) is 0.250. The number of hydrogen-bond acceptors (Lipinski definition) is 6. The molecule has 0 aliphatic heterocycles. The van der Waals surface area contributed by atoms with Gasteiger partial charge in [-0.05, 0) is 44.1 Å². The molecule has 0 amide bonds. The highest BCUT2D eigenvalue weighted by Gasteiger charge is 2.09. The SMILES string of the molecule is Cc1nc(/C=N\n2c(COc3c(C)cccc3C)n[nH]c2=S)cs1. The smallest absolute Gasteiger partial charge is 0.216 e. The molecule has 1 aromatic carbocycles. The van der Waals surface area contributed by atoms with Crippen molar-refractivity contribution in [3.05, 3.63) is 56.0 Å². The summed E-state index contributed by atoms with van der Waals surface area (Å²) in [6.45, 7) is 6.26. The van der Waals surface area contributed by atoms with E-state index in [1.807, 2.05) is 44.4 Å². The van der Waals surface area contributed by atoms with Crippen LogP contribution < -0.4 is 4.74 Å². The van der Waals surface area contributed by atoms with Gasteiger partial charge in [0.2, 0.25) is 4.77 Å². The maximum atomic E-state index is 5.93. The molecule has 8 heteroatoms. The minimum absolute atomic E-state index is 0.270. The molecule has 6 nitrogen and oxygen atoms in total. The standard InChI is InChI=1S/C16H17N5OS2/c1-10-5-4-6-11(2)15(10)22-8-14-19-20-16(23)21(14)17-7-13-9-24-12(3)18-13/h4-7,9H,8H2,1-3H3,(H,20,23)/b17-7-. The molecule has 1 N–H and O–H groups in total. The Morgan fingerprint density at radius 3 is 2.75 bits per heavy atom. The predicted octanol–water partition coefficient (Wildman–Crippen LogP) is 3.78. The Kier molecular flexibility index (Phi) is 4.86. The van der Waals surface area contributed by atoms with Crippen LogP contribution in [0.15, 0.2) is 28.7 Å². The summed E-state index contributed by atoms with van der Waals surface area (Å²) in [7, 11) is 0. The van der Waals surface area contributed by atoms with Crippen molar-refractivity contribution in [2.45, 2.75) is 27.4 Å². The number of ether oxygens (including phenoxy) is 1. The van der Waals surface area contributed by atoms with Gasteiger partial charge in [-0.1, -0.05) is 18.2 Å². The lowest BCUT2D eigenvalue weighted by molar-refractivity contribution is 0.287. The van der Waals surface area contributed by atoms with E-state index in [1.54, 1.807) is 22.2 Å². The van der Waals surface area contributed by atoms with Crippen LogP contribution in [0.4, 0.5) is 0 Å². The molecule has 2 aromatic heterocycles. The highest BCUT2D eigenvalue weighted by molar-refractivity contribution is 7.71. The van der Waals surface area contributed by atoms with Crippen LogP contribution in [0.25, 0.3) is 0 Å². The lowest BCUT2D eigenvalue weighted by atomic mass is 10.1. The topological polar surface area (TPSA) is 68.1 Å². The molecule has 0 unspecified atom stereocenters. The van der Waals surface area contributed by atoms with Crippen LogP contribution in [0.1, 0.15) is 27.7 Å². The van der Waals surface area contributed by atoms with E-state index in [1.165, 1.54) is 0 Å². The fourth-order valence-corrected chi connectivity index (χ4v) is 3.02. The predicted molar refractivity (Wildman–Crippen MR) is 97.5 cm³/mol. The van der Waals surface area contributed by atoms with Gasteiger partial charge in [0.15, 0.2) is 5.82 Å². The van der Waals surface area contributed by atoms with Crippen LogP contribution in [0, 0.1) is 25.5 Å². The van der Waals surface area contributed by atoms with Crippen LogP contribution in [-0.4, -0.2) is 26.1 Å². The first-order chi connectivity index (χ1) is 11.5. The maximum Gasteiger partial charge on any atom is 0.216 e. The van der Waals surface area contributed by atoms with E-state index in [-0.39, 0.29) is 6.61 Å². The average molecular weight is 359 g/mol. The van der Waals surface area contributed by atoms with Gasteiger partial charge in [0.25, 0.3) is 0 Å². The summed E-state index contributed by atoms with van der Waals surface area (Å²) in [5.41, 5.74) is 2.96. The van der Waals surface area contributed by atoms with Crippen molar-refractivity contribution in [2.75, 3.05) is 0 Å². The number of para-hydroxylation sites is 1. The Bertz CT molecular complexity index is 918. The molecule has 0 aliphatic rings. The minimum Gasteiger partial charge on any atom is -0.485 e. The molecule has 24 heavy (non-hydrogen) atoms. The number of aromatic nitrogens is 4. The van der Waals surface area contributed by atoms with Gasteiger partial charge in [0.05, 0.1) is 16.9 Å². The van der Waals surface area contributed by atoms with E-state index in [0.717, 1.165) is 27.6 Å². The molecule has 0 radical (unpaired) electrons. The van der Waals surface area contributed by atoms with Gasteiger partial charge >= 0.3 is 0 Å². The van der Waals surface area contributed by atoms with Crippen molar-refractivity contribution >= 4 is 29.8 Å². The summed E-state index contributed by atoms with van der Waals surface area (Å²) in [6.07, 6.45) is 1.66. The number of aryl methyl sites for hydroxylation is 3. The molecule has 124 valence electrons. The summed E-state index contributed by atoms with van der Waals surface area (Å²) in [5.74, 6) is 1.46. The second kappa shape index (κ2) is 7.06. The van der Waals surface area contributed by atoms with Crippen LogP contribution in [-0.2, 0) is 6.61 Å². The summed E-state index contributed by atoms with van der Waals surface area (Å²) in [5, 5.41) is 14.2. The van der Waals surface area contributed by atoms with Crippen molar-refractivity contribution in [3.63, 3.8) is 0 Å². The number of hydrogen-bond donors (Lipinski definition) is 1. The Morgan fingerprint density at radius 2 is 2.08 bits per heavy atom. The van der Waals surface area contributed by atoms with Crippen molar-refractivity contribution < 1.29 is 4.74 Å². The second-order valence-corrected chi connectivity index (χ2v) is 6.75. The molecule has 0 bridgehead atoms. The van der Waals surface area contributed by atoms with Crippen molar-refractivity contribution in [3.8, 4) is 5.75 Å². The molecule has 0 atom stereocenters. The van der Waals surface area contributed by atoms with Gasteiger partial charge in [0.1, 0.15) is 12.4 Å². The zero-order chi connectivity index (χ0) is 17.1. The van der Waals surface area contributed by atoms with E-state index in [0.29, 0.717) is 10.6 Å². The maximum absolute atomic E-state index is 5.93. The number of nitrogens with zero attached hydrogens (tertiary/aromatic N) is 4. The summed E-state index contributed by atoms with van der Waals surface area (Å²) in [6, 6.07) is 6.04. The Balaban J connectivity index is 1.80. The second-order valence-electron chi connectivity index (χ2n) is 5.30. The Hall–Kier alpha value is -2.32. The molecular formula is C16H17N5OS2. The first-order valence-electron chi connectivity index (χ1n) is 7.36. The molecular weight excluding hydrogens is 342 g/mol. The zero-order valence-corrected chi connectivity index (χ0v) is 15.2. The molecule has 0 aliphatic carbocycles. The number of benzene rings is 1. The van der Waals surface area contributed by atoms with Gasteiger partial charge in [-0.15, -0.1) is 11.3 Å². The fourth-order valence-electron chi connectivity index (χ4n) is 2.26. The number of aromatic amines is 1. The molecule has 0 spiro atoms. The minimum atomic E-state index is 0.270. The quantitative estimate of drug-likeness (QED) is 0.556. The first kappa shape index (κ1) is 16.5. The highest BCUT2D eigenvalue weighted by atomic mass is 32.1. The van der Waals surface area contributed by atoms with Crippen molar-refractivity contribution in [1.82, 2.24) is 19.9 Å². The largest absolute Gasteiger partial charge is 0.485 e. The molecule has 0 saturated heterocycles. The van der Waals surface area contributed by atoms with Crippen LogP contribution >= 0.6 is 23.6 Å². The number of nitrogens with one attached hydrogen (secondary N) is 1. The number of H-pyrrole nitrogens is 1. The zero-order valence-electron chi connectivity index (χ0n) is 13.6. The summed E-state index contributed by atoms with van der Waals surface area (Å²) in [4.78, 5) is 4.35. The molecule has 0 saturated carbocycles. The van der Waals surface area contributed by atoms with Crippen LogP contribution in [0.5, 0.6) is 5.75 Å². The van der Waals surface area contributed by atoms with E-state index in [2.05, 4.69) is 20.3 Å². The van der Waals surface area contributed by atoms with E-state index in [9.17, 15) is 0 Å². The number of thiazole rings is 1. The van der Waals surface area contributed by atoms with Crippen LogP contribution in [0.2, 0.25) is 0 Å². The molecule has 3 aromatic rings. The van der Waals surface area contributed by atoms with E-state index >= 15 is 0 Å². The monoisotopic (exact) mass is 359 g/mol. The summed E-state index contributed by atoms with van der Waals surface area (Å²) >= 11 is 6.81. The molecule has 3 rings (SSSR count). The lowest BCUT2D eigenvalue weighted by Crippen LogP contribution is -2.05. The summed E-state index contributed by atoms with van der Waals surface area (Å²) < 4.78 is 7.89.